The predicted molar refractivity (Wildman–Crippen MR) is 123 cm³/mol. The van der Waals surface area contributed by atoms with E-state index in [1.807, 2.05) is 18.2 Å². The van der Waals surface area contributed by atoms with E-state index in [1.165, 1.54) is 6.39 Å². The van der Waals surface area contributed by atoms with Gasteiger partial charge in [-0.15, -0.1) is 0 Å². The van der Waals surface area contributed by atoms with Crippen molar-refractivity contribution in [2.45, 2.75) is 24.9 Å². The smallest absolute Gasteiger partial charge is 0.261 e. The van der Waals surface area contributed by atoms with E-state index >= 15 is 0 Å². The van der Waals surface area contributed by atoms with Gasteiger partial charge in [-0.2, -0.15) is 10.1 Å². The highest BCUT2D eigenvalue weighted by Crippen LogP contribution is 2.40. The molecule has 11 heteroatoms. The van der Waals surface area contributed by atoms with Crippen LogP contribution in [0.3, 0.4) is 0 Å². The molecule has 34 heavy (non-hydrogen) atoms. The molecule has 0 radical (unpaired) electrons. The molecule has 4 heterocycles. The third-order valence-corrected chi connectivity index (χ3v) is 6.52. The van der Waals surface area contributed by atoms with Crippen molar-refractivity contribution in [2.75, 3.05) is 20.2 Å². The van der Waals surface area contributed by atoms with Crippen LogP contribution >= 0.6 is 11.6 Å². The van der Waals surface area contributed by atoms with E-state index in [-0.39, 0.29) is 12.5 Å². The lowest BCUT2D eigenvalue weighted by Crippen LogP contribution is -2.45. The zero-order valence-corrected chi connectivity index (χ0v) is 19.1. The molecule has 0 unspecified atom stereocenters. The highest BCUT2D eigenvalue weighted by Gasteiger charge is 2.43. The van der Waals surface area contributed by atoms with Gasteiger partial charge in [0.1, 0.15) is 18.0 Å². The van der Waals surface area contributed by atoms with Crippen LogP contribution in [-0.2, 0) is 16.9 Å². The number of pyridine rings is 1. The summed E-state index contributed by atoms with van der Waals surface area (Å²) in [5.74, 6) is 0.778. The topological polar surface area (TPSA) is 104 Å². The quantitative estimate of drug-likeness (QED) is 0.404. The number of ether oxygens (including phenoxy) is 1. The van der Waals surface area contributed by atoms with E-state index in [1.54, 1.807) is 35.0 Å². The van der Waals surface area contributed by atoms with Gasteiger partial charge in [0, 0.05) is 37.7 Å². The molecule has 172 valence electrons. The number of amides is 1. The number of nitrogens with zero attached hydrogens (tertiary/aromatic N) is 7. The number of methoxy groups -OCH3 is 1. The predicted octanol–water partition coefficient (Wildman–Crippen LogP) is 3.58. The summed E-state index contributed by atoms with van der Waals surface area (Å²) in [6, 6.07) is 9.07. The number of hydrogen-bond acceptors (Lipinski definition) is 7. The van der Waals surface area contributed by atoms with Crippen molar-refractivity contribution in [3.63, 3.8) is 0 Å². The van der Waals surface area contributed by atoms with Crippen molar-refractivity contribution in [1.82, 2.24) is 29.8 Å². The van der Waals surface area contributed by atoms with E-state index in [2.05, 4.69) is 25.1 Å². The number of fused-ring (bicyclic) bond motifs is 1. The average Bonchev–Trinajstić information content (AvgIpc) is 3.53. The van der Waals surface area contributed by atoms with Crippen molar-refractivity contribution < 1.29 is 14.1 Å². The average molecular weight is 478 g/mol. The summed E-state index contributed by atoms with van der Waals surface area (Å²) in [6.45, 7) is 8.81. The van der Waals surface area contributed by atoms with Crippen LogP contribution in [-0.4, -0.2) is 55.9 Å². The van der Waals surface area contributed by atoms with Gasteiger partial charge in [-0.25, -0.2) is 16.2 Å². The molecule has 1 saturated heterocycles. The molecule has 0 saturated carbocycles. The van der Waals surface area contributed by atoms with Gasteiger partial charge in [-0.05, 0) is 30.3 Å². The Morgan fingerprint density at radius 2 is 2.12 bits per heavy atom. The molecule has 1 fully saturated rings. The van der Waals surface area contributed by atoms with Crippen LogP contribution in [0, 0.1) is 6.57 Å². The normalized spacial score (nSPS) is 15.3. The largest absolute Gasteiger partial charge is 0.495 e. The molecular weight excluding hydrogens is 458 g/mol. The summed E-state index contributed by atoms with van der Waals surface area (Å²) >= 11 is 6.16. The maximum atomic E-state index is 13.2. The van der Waals surface area contributed by atoms with Gasteiger partial charge in [-0.1, -0.05) is 16.8 Å². The Morgan fingerprint density at radius 3 is 2.82 bits per heavy atom. The fourth-order valence-electron chi connectivity index (χ4n) is 4.33. The molecule has 1 aromatic carbocycles. The second-order valence-corrected chi connectivity index (χ2v) is 8.42. The lowest BCUT2D eigenvalue weighted by molar-refractivity contribution is -0.133. The minimum atomic E-state index is -0.722. The molecule has 5 rings (SSSR count). The Morgan fingerprint density at radius 1 is 1.29 bits per heavy atom. The number of carbonyl (C=O) groups excluding carboxylic acids is 1. The maximum Gasteiger partial charge on any atom is 0.261 e. The SMILES string of the molecule is [C-]#[N+]C1(c2ccc(Cl)c(OC)c2)CCN(C(=O)Cn2nc(-c3ncon3)c3cccnc32)CC1. The summed E-state index contributed by atoms with van der Waals surface area (Å²) in [5.41, 5.74) is 1.20. The standard InChI is InChI=1S/C23H20ClN7O3/c1-25-23(15-5-6-17(24)18(12-15)33-2)7-10-30(11-8-23)19(32)13-31-22-16(4-3-9-26-22)20(28-31)21-27-14-34-29-21/h3-6,9,12,14H,7-8,10-11,13H2,2H3. The molecule has 0 bridgehead atoms. The van der Waals surface area contributed by atoms with Crippen molar-refractivity contribution in [3.8, 4) is 17.3 Å². The van der Waals surface area contributed by atoms with E-state index in [0.29, 0.717) is 53.9 Å². The second-order valence-electron chi connectivity index (χ2n) is 8.01. The highest BCUT2D eigenvalue weighted by atomic mass is 35.5. The number of piperidine rings is 1. The molecule has 0 spiro atoms. The van der Waals surface area contributed by atoms with Gasteiger partial charge in [-0.3, -0.25) is 4.79 Å². The lowest BCUT2D eigenvalue weighted by atomic mass is 9.81. The molecule has 3 aromatic heterocycles. The molecule has 0 N–H and O–H groups in total. The van der Waals surface area contributed by atoms with E-state index in [4.69, 9.17) is 27.4 Å². The molecule has 10 nitrogen and oxygen atoms in total. The first kappa shape index (κ1) is 21.9. The van der Waals surface area contributed by atoms with E-state index < -0.39 is 5.54 Å². The number of likely N-dealkylation sites (tertiary alicyclic amines) is 1. The fourth-order valence-corrected chi connectivity index (χ4v) is 4.52. The van der Waals surface area contributed by atoms with Gasteiger partial charge in [0.25, 0.3) is 5.54 Å². The summed E-state index contributed by atoms with van der Waals surface area (Å²) < 4.78 is 11.7. The van der Waals surface area contributed by atoms with E-state index in [0.717, 1.165) is 10.9 Å². The van der Waals surface area contributed by atoms with Gasteiger partial charge >= 0.3 is 0 Å². The Hall–Kier alpha value is -3.97. The number of halogens is 1. The van der Waals surface area contributed by atoms with Crippen molar-refractivity contribution in [3.05, 3.63) is 64.9 Å². The molecule has 1 aliphatic heterocycles. The van der Waals surface area contributed by atoms with Crippen LogP contribution < -0.4 is 4.74 Å². The number of rotatable bonds is 5. The number of benzene rings is 1. The zero-order chi connectivity index (χ0) is 23.7. The molecule has 1 aliphatic rings. The van der Waals surface area contributed by atoms with Crippen LogP contribution in [0.1, 0.15) is 18.4 Å². The number of carbonyl (C=O) groups is 1. The Balaban J connectivity index is 1.34. The zero-order valence-electron chi connectivity index (χ0n) is 18.3. The van der Waals surface area contributed by atoms with Crippen LogP contribution in [0.2, 0.25) is 5.02 Å². The first-order valence-electron chi connectivity index (χ1n) is 10.6. The third kappa shape index (κ3) is 3.74. The van der Waals surface area contributed by atoms with Crippen LogP contribution in [0.5, 0.6) is 5.75 Å². The minimum Gasteiger partial charge on any atom is -0.495 e. The van der Waals surface area contributed by atoms with Crippen molar-refractivity contribution in [1.29, 1.82) is 0 Å². The van der Waals surface area contributed by atoms with Crippen LogP contribution in [0.4, 0.5) is 0 Å². The second kappa shape index (κ2) is 8.76. The molecule has 1 amide bonds. The van der Waals surface area contributed by atoms with Crippen molar-refractivity contribution in [2.24, 2.45) is 0 Å². The summed E-state index contributed by atoms with van der Waals surface area (Å²) in [6.07, 6.45) is 3.91. The Kier molecular flexibility index (Phi) is 5.63. The summed E-state index contributed by atoms with van der Waals surface area (Å²) in [7, 11) is 1.55. The minimum absolute atomic E-state index is 0.0190. The van der Waals surface area contributed by atoms with Gasteiger partial charge in [0.15, 0.2) is 5.65 Å². The summed E-state index contributed by atoms with van der Waals surface area (Å²) in [5, 5.41) is 9.63. The van der Waals surface area contributed by atoms with Crippen LogP contribution in [0.25, 0.3) is 27.4 Å². The van der Waals surface area contributed by atoms with Crippen molar-refractivity contribution >= 4 is 28.5 Å². The lowest BCUT2D eigenvalue weighted by Gasteiger charge is -2.34. The van der Waals surface area contributed by atoms with Gasteiger partial charge in [0.2, 0.25) is 18.1 Å². The molecular formula is C23H20ClN7O3. The molecule has 0 atom stereocenters. The van der Waals surface area contributed by atoms with Crippen LogP contribution in [0.15, 0.2) is 47.4 Å². The highest BCUT2D eigenvalue weighted by molar-refractivity contribution is 6.32. The Labute approximate surface area is 199 Å². The number of aromatic nitrogens is 5. The first-order valence-corrected chi connectivity index (χ1v) is 11.0. The third-order valence-electron chi connectivity index (χ3n) is 6.21. The fraction of sp³-hybridized carbons (Fsp3) is 0.304. The first-order chi connectivity index (χ1) is 16.5. The monoisotopic (exact) mass is 477 g/mol. The van der Waals surface area contributed by atoms with Gasteiger partial charge < -0.3 is 19.0 Å². The van der Waals surface area contributed by atoms with Gasteiger partial charge in [0.05, 0.1) is 17.5 Å². The van der Waals surface area contributed by atoms with E-state index in [9.17, 15) is 4.79 Å². The molecule has 4 aromatic rings. The Bertz CT molecular complexity index is 1390. The maximum absolute atomic E-state index is 13.2. The number of hydrogen-bond donors (Lipinski definition) is 0. The molecule has 0 aliphatic carbocycles. The summed E-state index contributed by atoms with van der Waals surface area (Å²) in [4.78, 5) is 27.4.